The molecule has 0 aliphatic carbocycles. The van der Waals surface area contributed by atoms with E-state index < -0.39 is 0 Å². The second kappa shape index (κ2) is 7.36. The van der Waals surface area contributed by atoms with Crippen LogP contribution in [0.2, 0.25) is 0 Å². The fraction of sp³-hybridized carbons (Fsp3) is 0.167. The number of alkyl halides is 1. The Morgan fingerprint density at radius 1 is 0.893 bits per heavy atom. The zero-order valence-corrected chi connectivity index (χ0v) is 17.4. The number of Topliss-reactive ketones (excluding diaryl/α,β-unsaturated/α-hetero) is 1. The van der Waals surface area contributed by atoms with E-state index in [9.17, 15) is 9.59 Å². The smallest absolute Gasteiger partial charge is 0.193 e. The van der Waals surface area contributed by atoms with Gasteiger partial charge in [-0.15, -0.1) is 0 Å². The third-order valence-corrected chi connectivity index (χ3v) is 5.79. The lowest BCUT2D eigenvalue weighted by Crippen LogP contribution is -2.03. The van der Waals surface area contributed by atoms with Gasteiger partial charge in [-0.05, 0) is 55.8 Å². The van der Waals surface area contributed by atoms with E-state index >= 15 is 0 Å². The molecule has 3 nitrogen and oxygen atoms in total. The maximum absolute atomic E-state index is 13.1. The van der Waals surface area contributed by atoms with Crippen molar-refractivity contribution in [3.8, 4) is 0 Å². The lowest BCUT2D eigenvalue weighted by molar-refractivity contribution is 0.102. The van der Waals surface area contributed by atoms with Gasteiger partial charge in [0.2, 0.25) is 0 Å². The molecule has 1 heterocycles. The number of halogens is 1. The van der Waals surface area contributed by atoms with Crippen molar-refractivity contribution in [2.45, 2.75) is 20.4 Å². The van der Waals surface area contributed by atoms with Crippen molar-refractivity contribution in [1.82, 2.24) is 4.57 Å². The number of aromatic nitrogens is 1. The van der Waals surface area contributed by atoms with Crippen LogP contribution in [-0.2, 0) is 6.54 Å². The number of aryl methyl sites for hydroxylation is 2. The number of hydrogen-bond donors (Lipinski definition) is 0. The average Bonchev–Trinajstić information content (AvgIpc) is 3.05. The van der Waals surface area contributed by atoms with E-state index in [1.807, 2.05) is 67.6 Å². The van der Waals surface area contributed by atoms with Gasteiger partial charge in [0.15, 0.2) is 11.6 Å². The predicted molar refractivity (Wildman–Crippen MR) is 118 cm³/mol. The molecule has 4 aromatic rings. The Morgan fingerprint density at radius 3 is 2.11 bits per heavy atom. The Bertz CT molecular complexity index is 1240. The van der Waals surface area contributed by atoms with Crippen LogP contribution in [0.5, 0.6) is 0 Å². The number of fused-ring (bicyclic) bond motifs is 3. The van der Waals surface area contributed by atoms with Crippen LogP contribution in [-0.4, -0.2) is 21.5 Å². The lowest BCUT2D eigenvalue weighted by atomic mass is 9.97. The molecule has 3 aromatic carbocycles. The first-order valence-corrected chi connectivity index (χ1v) is 10.4. The highest BCUT2D eigenvalue weighted by molar-refractivity contribution is 9.09. The summed E-state index contributed by atoms with van der Waals surface area (Å²) in [4.78, 5) is 25.2. The summed E-state index contributed by atoms with van der Waals surface area (Å²) in [7, 11) is 0. The zero-order valence-electron chi connectivity index (χ0n) is 15.8. The molecule has 0 radical (unpaired) electrons. The van der Waals surface area contributed by atoms with Crippen LogP contribution in [0.25, 0.3) is 21.8 Å². The van der Waals surface area contributed by atoms with E-state index in [4.69, 9.17) is 0 Å². The molecule has 0 saturated heterocycles. The van der Waals surface area contributed by atoms with E-state index in [1.165, 1.54) is 0 Å². The van der Waals surface area contributed by atoms with Gasteiger partial charge in [-0.25, -0.2) is 0 Å². The van der Waals surface area contributed by atoms with Crippen molar-refractivity contribution in [2.24, 2.45) is 0 Å². The molecular formula is C24H20BrNO2. The van der Waals surface area contributed by atoms with Crippen LogP contribution >= 0.6 is 15.9 Å². The van der Waals surface area contributed by atoms with Crippen molar-refractivity contribution in [3.63, 3.8) is 0 Å². The number of benzene rings is 3. The van der Waals surface area contributed by atoms with Gasteiger partial charge in [0.05, 0.1) is 5.33 Å². The second-order valence-electron chi connectivity index (χ2n) is 6.91. The molecule has 4 rings (SSSR count). The van der Waals surface area contributed by atoms with Crippen molar-refractivity contribution in [1.29, 1.82) is 0 Å². The van der Waals surface area contributed by atoms with Crippen LogP contribution in [0.1, 0.15) is 38.8 Å². The highest BCUT2D eigenvalue weighted by Crippen LogP contribution is 2.31. The molecule has 0 unspecified atom stereocenters. The number of carbonyl (C=O) groups excluding carboxylic acids is 2. The SMILES string of the molecule is CCn1c2ccc(C(=O)CBr)cc2c2cc(C(=O)c3ccccc3C)ccc21. The zero-order chi connectivity index (χ0) is 19.8. The van der Waals surface area contributed by atoms with Crippen LogP contribution in [0, 0.1) is 6.92 Å². The number of hydrogen-bond acceptors (Lipinski definition) is 2. The van der Waals surface area contributed by atoms with Gasteiger partial charge in [-0.1, -0.05) is 40.2 Å². The Balaban J connectivity index is 1.95. The lowest BCUT2D eigenvalue weighted by Gasteiger charge is -2.06. The summed E-state index contributed by atoms with van der Waals surface area (Å²) in [6.45, 7) is 4.87. The minimum absolute atomic E-state index is 0.0186. The fourth-order valence-electron chi connectivity index (χ4n) is 3.82. The van der Waals surface area contributed by atoms with Crippen molar-refractivity contribution < 1.29 is 9.59 Å². The van der Waals surface area contributed by atoms with Crippen LogP contribution in [0.15, 0.2) is 60.7 Å². The third-order valence-electron chi connectivity index (χ3n) is 5.28. The largest absolute Gasteiger partial charge is 0.341 e. The molecule has 140 valence electrons. The first kappa shape index (κ1) is 18.6. The first-order valence-electron chi connectivity index (χ1n) is 9.30. The molecule has 0 amide bonds. The molecule has 0 bridgehead atoms. The second-order valence-corrected chi connectivity index (χ2v) is 7.47. The normalized spacial score (nSPS) is 11.2. The Morgan fingerprint density at radius 2 is 1.50 bits per heavy atom. The van der Waals surface area contributed by atoms with Crippen LogP contribution < -0.4 is 0 Å². The predicted octanol–water partition coefficient (Wildman–Crippen LogP) is 5.93. The van der Waals surface area contributed by atoms with Crippen LogP contribution in [0.4, 0.5) is 0 Å². The van der Waals surface area contributed by atoms with E-state index in [1.54, 1.807) is 0 Å². The van der Waals surface area contributed by atoms with Crippen molar-refractivity contribution >= 4 is 49.3 Å². The van der Waals surface area contributed by atoms with Gasteiger partial charge < -0.3 is 4.57 Å². The topological polar surface area (TPSA) is 39.1 Å². The Labute approximate surface area is 172 Å². The maximum atomic E-state index is 13.1. The van der Waals surface area contributed by atoms with Crippen LogP contribution in [0.3, 0.4) is 0 Å². The number of carbonyl (C=O) groups is 2. The Kier molecular flexibility index (Phi) is 4.90. The molecule has 0 aliphatic rings. The summed E-state index contributed by atoms with van der Waals surface area (Å²) >= 11 is 3.25. The fourth-order valence-corrected chi connectivity index (χ4v) is 4.14. The van der Waals surface area contributed by atoms with E-state index in [2.05, 4.69) is 27.4 Å². The van der Waals surface area contributed by atoms with E-state index in [0.717, 1.165) is 39.5 Å². The molecule has 28 heavy (non-hydrogen) atoms. The molecule has 0 spiro atoms. The molecule has 4 heteroatoms. The van der Waals surface area contributed by atoms with Gasteiger partial charge in [0.25, 0.3) is 0 Å². The highest BCUT2D eigenvalue weighted by Gasteiger charge is 2.16. The molecule has 0 N–H and O–H groups in total. The monoisotopic (exact) mass is 433 g/mol. The standard InChI is InChI=1S/C24H20BrNO2/c1-3-26-21-10-8-16(23(27)14-25)12-19(21)20-13-17(9-11-22(20)26)24(28)18-7-5-4-6-15(18)2/h4-13H,3,14H2,1-2H3. The van der Waals surface area contributed by atoms with Gasteiger partial charge in [-0.2, -0.15) is 0 Å². The summed E-state index contributed by atoms with van der Waals surface area (Å²) in [6.07, 6.45) is 0. The van der Waals surface area contributed by atoms with E-state index in [0.29, 0.717) is 16.5 Å². The number of rotatable bonds is 5. The summed E-state index contributed by atoms with van der Waals surface area (Å²) in [5.41, 5.74) is 5.17. The quantitative estimate of drug-likeness (QED) is 0.289. The molecule has 0 fully saturated rings. The molecule has 1 aromatic heterocycles. The van der Waals surface area contributed by atoms with Gasteiger partial charge >= 0.3 is 0 Å². The number of ketones is 2. The highest BCUT2D eigenvalue weighted by atomic mass is 79.9. The van der Waals surface area contributed by atoms with Crippen molar-refractivity contribution in [3.05, 3.63) is 82.9 Å². The molecular weight excluding hydrogens is 414 g/mol. The van der Waals surface area contributed by atoms with E-state index in [-0.39, 0.29) is 11.6 Å². The van der Waals surface area contributed by atoms with Crippen molar-refractivity contribution in [2.75, 3.05) is 5.33 Å². The summed E-state index contributed by atoms with van der Waals surface area (Å²) < 4.78 is 2.22. The summed E-state index contributed by atoms with van der Waals surface area (Å²) in [6, 6.07) is 19.3. The first-order chi connectivity index (χ1) is 13.5. The maximum Gasteiger partial charge on any atom is 0.193 e. The molecule has 0 aliphatic heterocycles. The van der Waals surface area contributed by atoms with Gasteiger partial charge in [0, 0.05) is 45.0 Å². The summed E-state index contributed by atoms with van der Waals surface area (Å²) in [5.74, 6) is 0.0662. The summed E-state index contributed by atoms with van der Waals surface area (Å²) in [5, 5.41) is 2.30. The minimum atomic E-state index is 0.0186. The van der Waals surface area contributed by atoms with Gasteiger partial charge in [-0.3, -0.25) is 9.59 Å². The minimum Gasteiger partial charge on any atom is -0.341 e. The third kappa shape index (κ3) is 2.98. The Hall–Kier alpha value is -2.72. The molecule has 0 atom stereocenters. The average molecular weight is 434 g/mol. The van der Waals surface area contributed by atoms with Gasteiger partial charge in [0.1, 0.15) is 0 Å². The molecule has 0 saturated carbocycles. The number of nitrogens with zero attached hydrogens (tertiary/aromatic N) is 1.